The Morgan fingerprint density at radius 2 is 1.73 bits per heavy atom. The number of carbonyl (C=O) groups is 2. The van der Waals surface area contributed by atoms with E-state index in [-0.39, 0.29) is 17.7 Å². The van der Waals surface area contributed by atoms with Gasteiger partial charge in [-0.1, -0.05) is 6.07 Å². The van der Waals surface area contributed by atoms with E-state index in [1.165, 1.54) is 0 Å². The maximum absolute atomic E-state index is 13.1. The van der Waals surface area contributed by atoms with Gasteiger partial charge < -0.3 is 15.1 Å². The molecular formula is C26H35N5O2. The number of pyridine rings is 1. The average Bonchev–Trinajstić information content (AvgIpc) is 2.84. The number of anilines is 2. The van der Waals surface area contributed by atoms with Gasteiger partial charge >= 0.3 is 0 Å². The van der Waals surface area contributed by atoms with Crippen LogP contribution in [0, 0.1) is 12.8 Å². The predicted octanol–water partition coefficient (Wildman–Crippen LogP) is 3.41. The van der Waals surface area contributed by atoms with Crippen molar-refractivity contribution in [2.24, 2.45) is 5.92 Å². The third-order valence-electron chi connectivity index (χ3n) is 6.74. The van der Waals surface area contributed by atoms with E-state index in [0.717, 1.165) is 50.4 Å². The van der Waals surface area contributed by atoms with E-state index in [0.29, 0.717) is 30.5 Å². The summed E-state index contributed by atoms with van der Waals surface area (Å²) in [5.74, 6) is 0.272. The van der Waals surface area contributed by atoms with Crippen molar-refractivity contribution in [3.8, 4) is 0 Å². The maximum Gasteiger partial charge on any atom is 0.253 e. The second kappa shape index (κ2) is 10.3. The van der Waals surface area contributed by atoms with Crippen molar-refractivity contribution in [2.75, 3.05) is 49.5 Å². The molecule has 2 aliphatic rings. The Kier molecular flexibility index (Phi) is 7.28. The number of aromatic nitrogens is 1. The van der Waals surface area contributed by atoms with Crippen LogP contribution in [0.5, 0.6) is 0 Å². The SMILES string of the molecule is Cc1cccc(NC(=O)C2CCCN(C(=O)c3ccc(N4CCN(C(C)C)CC4)cc3)C2)n1. The number of piperidine rings is 1. The highest BCUT2D eigenvalue weighted by molar-refractivity contribution is 5.96. The third-order valence-corrected chi connectivity index (χ3v) is 6.74. The minimum Gasteiger partial charge on any atom is -0.369 e. The lowest BCUT2D eigenvalue weighted by Gasteiger charge is -2.38. The molecule has 0 saturated carbocycles. The minimum atomic E-state index is -0.221. The number of piperazine rings is 1. The molecule has 0 bridgehead atoms. The first-order valence-corrected chi connectivity index (χ1v) is 12.0. The quantitative estimate of drug-likeness (QED) is 0.758. The first kappa shape index (κ1) is 23.2. The first-order chi connectivity index (χ1) is 15.9. The van der Waals surface area contributed by atoms with E-state index >= 15 is 0 Å². The van der Waals surface area contributed by atoms with Crippen molar-refractivity contribution in [3.05, 3.63) is 53.7 Å². The molecule has 0 radical (unpaired) electrons. The molecule has 7 nitrogen and oxygen atoms in total. The van der Waals surface area contributed by atoms with Crippen LogP contribution in [0.15, 0.2) is 42.5 Å². The van der Waals surface area contributed by atoms with Crippen molar-refractivity contribution in [1.29, 1.82) is 0 Å². The highest BCUT2D eigenvalue weighted by Crippen LogP contribution is 2.23. The molecule has 4 rings (SSSR count). The predicted molar refractivity (Wildman–Crippen MR) is 132 cm³/mol. The summed E-state index contributed by atoms with van der Waals surface area (Å²) in [6.07, 6.45) is 1.60. The van der Waals surface area contributed by atoms with Gasteiger partial charge in [0.15, 0.2) is 0 Å². The summed E-state index contributed by atoms with van der Waals surface area (Å²) < 4.78 is 0. The molecule has 1 atom stereocenters. The lowest BCUT2D eigenvalue weighted by atomic mass is 9.96. The number of benzene rings is 1. The van der Waals surface area contributed by atoms with Crippen LogP contribution in [-0.4, -0.2) is 71.9 Å². The summed E-state index contributed by atoms with van der Waals surface area (Å²) in [5.41, 5.74) is 2.70. The molecule has 2 amide bonds. The number of nitrogens with zero attached hydrogens (tertiary/aromatic N) is 4. The molecule has 7 heteroatoms. The maximum atomic E-state index is 13.1. The summed E-state index contributed by atoms with van der Waals surface area (Å²) in [6.45, 7) is 11.6. The third kappa shape index (κ3) is 5.71. The van der Waals surface area contributed by atoms with Gasteiger partial charge in [0.1, 0.15) is 5.82 Å². The number of aryl methyl sites for hydroxylation is 1. The van der Waals surface area contributed by atoms with Crippen molar-refractivity contribution in [2.45, 2.75) is 39.7 Å². The Balaban J connectivity index is 1.34. The zero-order chi connectivity index (χ0) is 23.4. The van der Waals surface area contributed by atoms with Gasteiger partial charge in [-0.05, 0) is 70.0 Å². The second-order valence-electron chi connectivity index (χ2n) is 9.41. The van der Waals surface area contributed by atoms with Crippen LogP contribution in [0.4, 0.5) is 11.5 Å². The van der Waals surface area contributed by atoms with Gasteiger partial charge in [0.2, 0.25) is 5.91 Å². The topological polar surface area (TPSA) is 68.8 Å². The van der Waals surface area contributed by atoms with E-state index in [1.54, 1.807) is 6.07 Å². The van der Waals surface area contributed by atoms with Crippen molar-refractivity contribution in [3.63, 3.8) is 0 Å². The van der Waals surface area contributed by atoms with Crippen LogP contribution in [0.3, 0.4) is 0 Å². The molecular weight excluding hydrogens is 414 g/mol. The van der Waals surface area contributed by atoms with E-state index in [1.807, 2.05) is 36.1 Å². The molecule has 1 unspecified atom stereocenters. The number of hydrogen-bond acceptors (Lipinski definition) is 5. The molecule has 1 N–H and O–H groups in total. The number of amides is 2. The highest BCUT2D eigenvalue weighted by Gasteiger charge is 2.29. The fourth-order valence-corrected chi connectivity index (χ4v) is 4.71. The fraction of sp³-hybridized carbons (Fsp3) is 0.500. The number of nitrogens with one attached hydrogen (secondary N) is 1. The molecule has 33 heavy (non-hydrogen) atoms. The van der Waals surface area contributed by atoms with Crippen molar-refractivity contribution < 1.29 is 9.59 Å². The molecule has 2 saturated heterocycles. The Morgan fingerprint density at radius 3 is 2.39 bits per heavy atom. The lowest BCUT2D eigenvalue weighted by molar-refractivity contribution is -0.121. The lowest BCUT2D eigenvalue weighted by Crippen LogP contribution is -2.48. The summed E-state index contributed by atoms with van der Waals surface area (Å²) in [6, 6.07) is 14.1. The molecule has 0 aliphatic carbocycles. The van der Waals surface area contributed by atoms with Crippen LogP contribution in [-0.2, 0) is 4.79 Å². The van der Waals surface area contributed by atoms with Crippen LogP contribution in [0.2, 0.25) is 0 Å². The van der Waals surface area contributed by atoms with E-state index < -0.39 is 0 Å². The van der Waals surface area contributed by atoms with Gasteiger partial charge in [-0.15, -0.1) is 0 Å². The zero-order valence-corrected chi connectivity index (χ0v) is 20.0. The minimum absolute atomic E-state index is 0.00245. The van der Waals surface area contributed by atoms with Crippen molar-refractivity contribution in [1.82, 2.24) is 14.8 Å². The Labute approximate surface area is 196 Å². The van der Waals surface area contributed by atoms with E-state index in [2.05, 4.69) is 46.1 Å². The zero-order valence-electron chi connectivity index (χ0n) is 20.0. The van der Waals surface area contributed by atoms with E-state index in [4.69, 9.17) is 0 Å². The van der Waals surface area contributed by atoms with Gasteiger partial charge in [0.05, 0.1) is 5.92 Å². The van der Waals surface area contributed by atoms with Gasteiger partial charge in [-0.3, -0.25) is 14.5 Å². The highest BCUT2D eigenvalue weighted by atomic mass is 16.2. The van der Waals surface area contributed by atoms with Gasteiger partial charge in [-0.2, -0.15) is 0 Å². The summed E-state index contributed by atoms with van der Waals surface area (Å²) in [4.78, 5) is 36.9. The fourth-order valence-electron chi connectivity index (χ4n) is 4.71. The second-order valence-corrected chi connectivity index (χ2v) is 9.41. The summed E-state index contributed by atoms with van der Waals surface area (Å²) in [5, 5.41) is 2.91. The van der Waals surface area contributed by atoms with Crippen LogP contribution in [0.1, 0.15) is 42.7 Å². The normalized spacial score (nSPS) is 19.6. The number of carbonyl (C=O) groups excluding carboxylic acids is 2. The Hall–Kier alpha value is -2.93. The monoisotopic (exact) mass is 449 g/mol. The average molecular weight is 450 g/mol. The number of hydrogen-bond donors (Lipinski definition) is 1. The van der Waals surface area contributed by atoms with Gasteiger partial charge in [0, 0.05) is 62.3 Å². The Morgan fingerprint density at radius 1 is 1.00 bits per heavy atom. The van der Waals surface area contributed by atoms with Crippen LogP contribution in [0.25, 0.3) is 0 Å². The smallest absolute Gasteiger partial charge is 0.253 e. The molecule has 3 heterocycles. The standard InChI is InChI=1S/C26H35N5O2/c1-19(2)29-14-16-30(17-15-29)23-11-9-21(10-12-23)26(33)31-13-5-7-22(18-31)25(32)28-24-8-4-6-20(3)27-24/h4,6,8-12,19,22H,5,7,13-18H2,1-3H3,(H,27,28,32). The summed E-state index contributed by atoms with van der Waals surface area (Å²) >= 11 is 0. The van der Waals surface area contributed by atoms with Gasteiger partial charge in [0.25, 0.3) is 5.91 Å². The van der Waals surface area contributed by atoms with Crippen LogP contribution >= 0.6 is 0 Å². The molecule has 2 aliphatic heterocycles. The number of likely N-dealkylation sites (tertiary alicyclic amines) is 1. The Bertz CT molecular complexity index is 967. The van der Waals surface area contributed by atoms with Crippen molar-refractivity contribution >= 4 is 23.3 Å². The molecule has 176 valence electrons. The molecule has 0 spiro atoms. The van der Waals surface area contributed by atoms with Gasteiger partial charge in [-0.25, -0.2) is 4.98 Å². The summed E-state index contributed by atoms with van der Waals surface area (Å²) in [7, 11) is 0. The molecule has 1 aromatic carbocycles. The van der Waals surface area contributed by atoms with E-state index in [9.17, 15) is 9.59 Å². The molecule has 1 aromatic heterocycles. The first-order valence-electron chi connectivity index (χ1n) is 12.0. The number of rotatable bonds is 5. The largest absolute Gasteiger partial charge is 0.369 e. The van der Waals surface area contributed by atoms with Crippen LogP contribution < -0.4 is 10.2 Å². The molecule has 2 aromatic rings. The molecule has 2 fully saturated rings.